The van der Waals surface area contributed by atoms with Gasteiger partial charge in [0.15, 0.2) is 5.65 Å². The molecular weight excluding hydrogens is 264 g/mol. The van der Waals surface area contributed by atoms with Crippen LogP contribution in [0, 0.1) is 20.8 Å². The van der Waals surface area contributed by atoms with E-state index < -0.39 is 0 Å². The number of hydrogen-bond acceptors (Lipinski definition) is 3. The molecule has 1 fully saturated rings. The third-order valence-corrected chi connectivity index (χ3v) is 4.33. The highest BCUT2D eigenvalue weighted by atomic mass is 16.2. The fourth-order valence-corrected chi connectivity index (χ4v) is 3.16. The molecule has 2 aromatic rings. The summed E-state index contributed by atoms with van der Waals surface area (Å²) in [5, 5.41) is 4.48. The van der Waals surface area contributed by atoms with E-state index >= 15 is 0 Å². The largest absolute Gasteiger partial charge is 0.343 e. The minimum Gasteiger partial charge on any atom is -0.343 e. The number of nitrogens with zero attached hydrogens (tertiary/aromatic N) is 4. The van der Waals surface area contributed by atoms with Gasteiger partial charge in [0.25, 0.3) is 0 Å². The molecule has 112 valence electrons. The molecule has 0 aromatic carbocycles. The van der Waals surface area contributed by atoms with Gasteiger partial charge in [-0.15, -0.1) is 0 Å². The molecule has 5 heteroatoms. The minimum atomic E-state index is 0.267. The van der Waals surface area contributed by atoms with Gasteiger partial charge in [0.05, 0.1) is 5.69 Å². The van der Waals surface area contributed by atoms with Gasteiger partial charge in [-0.05, 0) is 45.6 Å². The van der Waals surface area contributed by atoms with Crippen molar-refractivity contribution in [1.29, 1.82) is 0 Å². The molecular formula is C16H22N4O. The Balaban J connectivity index is 1.81. The van der Waals surface area contributed by atoms with E-state index in [0.717, 1.165) is 60.6 Å². The van der Waals surface area contributed by atoms with Gasteiger partial charge in [-0.2, -0.15) is 5.10 Å². The summed E-state index contributed by atoms with van der Waals surface area (Å²) in [6.45, 7) is 7.90. The minimum absolute atomic E-state index is 0.267. The van der Waals surface area contributed by atoms with Crippen LogP contribution in [-0.2, 0) is 11.2 Å². The van der Waals surface area contributed by atoms with Crippen LogP contribution in [0.2, 0.25) is 0 Å². The fraction of sp³-hybridized carbons (Fsp3) is 0.562. The zero-order chi connectivity index (χ0) is 15.0. The molecule has 1 aliphatic heterocycles. The number of rotatable bonds is 3. The Bertz CT molecular complexity index is 683. The van der Waals surface area contributed by atoms with Crippen molar-refractivity contribution in [3.05, 3.63) is 28.7 Å². The predicted octanol–water partition coefficient (Wildman–Crippen LogP) is 2.21. The van der Waals surface area contributed by atoms with Crippen molar-refractivity contribution < 1.29 is 4.79 Å². The van der Waals surface area contributed by atoms with Crippen LogP contribution in [-0.4, -0.2) is 38.5 Å². The highest BCUT2D eigenvalue weighted by molar-refractivity contribution is 5.76. The lowest BCUT2D eigenvalue weighted by molar-refractivity contribution is -0.130. The molecule has 1 amide bonds. The van der Waals surface area contributed by atoms with Gasteiger partial charge in [0.2, 0.25) is 5.91 Å². The summed E-state index contributed by atoms with van der Waals surface area (Å²) in [6.07, 6.45) is 3.59. The number of hydrogen-bond donors (Lipinski definition) is 0. The smallest absolute Gasteiger partial charge is 0.222 e. The number of amides is 1. The van der Waals surface area contributed by atoms with E-state index in [0.29, 0.717) is 6.42 Å². The molecule has 0 unspecified atom stereocenters. The molecule has 1 aliphatic rings. The van der Waals surface area contributed by atoms with Crippen molar-refractivity contribution in [2.75, 3.05) is 13.1 Å². The zero-order valence-corrected chi connectivity index (χ0v) is 13.0. The average molecular weight is 286 g/mol. The van der Waals surface area contributed by atoms with Crippen molar-refractivity contribution >= 4 is 11.6 Å². The lowest BCUT2D eigenvalue weighted by Crippen LogP contribution is -2.28. The Morgan fingerprint density at radius 3 is 2.67 bits per heavy atom. The number of aromatic nitrogens is 3. The molecule has 2 aromatic heterocycles. The molecule has 5 nitrogen and oxygen atoms in total. The first kappa shape index (κ1) is 14.0. The summed E-state index contributed by atoms with van der Waals surface area (Å²) in [6, 6.07) is 1.99. The SMILES string of the molecule is Cc1cc2nc(C)c(CCC(=O)N3CCCC3)c(C)n2n1. The molecule has 0 atom stereocenters. The second kappa shape index (κ2) is 5.47. The van der Waals surface area contributed by atoms with Crippen molar-refractivity contribution in [1.82, 2.24) is 19.5 Å². The van der Waals surface area contributed by atoms with Gasteiger partial charge in [0.1, 0.15) is 0 Å². The second-order valence-electron chi connectivity index (χ2n) is 5.90. The number of aryl methyl sites for hydroxylation is 3. The Hall–Kier alpha value is -1.91. The van der Waals surface area contributed by atoms with Crippen LogP contribution in [0.5, 0.6) is 0 Å². The zero-order valence-electron chi connectivity index (χ0n) is 13.0. The fourth-order valence-electron chi connectivity index (χ4n) is 3.16. The molecule has 0 saturated carbocycles. The highest BCUT2D eigenvalue weighted by Gasteiger charge is 2.19. The van der Waals surface area contributed by atoms with Gasteiger partial charge in [0, 0.05) is 37.0 Å². The summed E-state index contributed by atoms with van der Waals surface area (Å²) in [7, 11) is 0. The van der Waals surface area contributed by atoms with E-state index in [4.69, 9.17) is 0 Å². The second-order valence-corrected chi connectivity index (χ2v) is 5.90. The predicted molar refractivity (Wildman–Crippen MR) is 81.3 cm³/mol. The Morgan fingerprint density at radius 1 is 1.24 bits per heavy atom. The van der Waals surface area contributed by atoms with E-state index in [1.54, 1.807) is 0 Å². The topological polar surface area (TPSA) is 50.5 Å². The first-order valence-corrected chi connectivity index (χ1v) is 7.66. The van der Waals surface area contributed by atoms with Crippen LogP contribution in [0.3, 0.4) is 0 Å². The number of carbonyl (C=O) groups excluding carboxylic acids is 1. The first-order chi connectivity index (χ1) is 10.1. The van der Waals surface area contributed by atoms with E-state index in [9.17, 15) is 4.79 Å². The Morgan fingerprint density at radius 2 is 1.95 bits per heavy atom. The summed E-state index contributed by atoms with van der Waals surface area (Å²) in [5.41, 5.74) is 5.11. The van der Waals surface area contributed by atoms with Gasteiger partial charge in [-0.1, -0.05) is 0 Å². The number of likely N-dealkylation sites (tertiary alicyclic amines) is 1. The van der Waals surface area contributed by atoms with Crippen LogP contribution in [0.25, 0.3) is 5.65 Å². The number of carbonyl (C=O) groups is 1. The van der Waals surface area contributed by atoms with Crippen molar-refractivity contribution in [3.63, 3.8) is 0 Å². The van der Waals surface area contributed by atoms with E-state index in [1.807, 2.05) is 29.3 Å². The van der Waals surface area contributed by atoms with Gasteiger partial charge in [-0.3, -0.25) is 4.79 Å². The van der Waals surface area contributed by atoms with Crippen molar-refractivity contribution in [3.8, 4) is 0 Å². The summed E-state index contributed by atoms with van der Waals surface area (Å²) >= 11 is 0. The van der Waals surface area contributed by atoms with Gasteiger partial charge >= 0.3 is 0 Å². The quantitative estimate of drug-likeness (QED) is 0.869. The molecule has 1 saturated heterocycles. The Labute approximate surface area is 125 Å². The first-order valence-electron chi connectivity index (χ1n) is 7.66. The van der Waals surface area contributed by atoms with E-state index in [2.05, 4.69) is 17.0 Å². The van der Waals surface area contributed by atoms with Crippen LogP contribution < -0.4 is 0 Å². The third kappa shape index (κ3) is 2.64. The van der Waals surface area contributed by atoms with Crippen molar-refractivity contribution in [2.24, 2.45) is 0 Å². The van der Waals surface area contributed by atoms with Gasteiger partial charge < -0.3 is 4.90 Å². The molecule has 0 N–H and O–H groups in total. The number of fused-ring (bicyclic) bond motifs is 1. The Kier molecular flexibility index (Phi) is 3.66. The average Bonchev–Trinajstić information content (AvgIpc) is 3.07. The van der Waals surface area contributed by atoms with E-state index in [1.165, 1.54) is 0 Å². The molecule has 3 rings (SSSR count). The lowest BCUT2D eigenvalue weighted by Gasteiger charge is -2.16. The van der Waals surface area contributed by atoms with Gasteiger partial charge in [-0.25, -0.2) is 9.50 Å². The molecule has 0 spiro atoms. The van der Waals surface area contributed by atoms with Crippen LogP contribution >= 0.6 is 0 Å². The van der Waals surface area contributed by atoms with Crippen LogP contribution in [0.1, 0.15) is 41.9 Å². The monoisotopic (exact) mass is 286 g/mol. The molecule has 0 radical (unpaired) electrons. The maximum atomic E-state index is 12.2. The van der Waals surface area contributed by atoms with Crippen LogP contribution in [0.4, 0.5) is 0 Å². The van der Waals surface area contributed by atoms with Crippen molar-refractivity contribution in [2.45, 2.75) is 46.5 Å². The molecule has 21 heavy (non-hydrogen) atoms. The summed E-state index contributed by atoms with van der Waals surface area (Å²) in [5.74, 6) is 0.267. The van der Waals surface area contributed by atoms with Crippen LogP contribution in [0.15, 0.2) is 6.07 Å². The maximum Gasteiger partial charge on any atom is 0.222 e. The summed E-state index contributed by atoms with van der Waals surface area (Å²) in [4.78, 5) is 18.8. The highest BCUT2D eigenvalue weighted by Crippen LogP contribution is 2.18. The molecule has 0 bridgehead atoms. The third-order valence-electron chi connectivity index (χ3n) is 4.33. The standard InChI is InChI=1S/C16H22N4O/c1-11-10-15-17-12(2)14(13(3)20(15)18-11)6-7-16(21)19-8-4-5-9-19/h10H,4-9H2,1-3H3. The maximum absolute atomic E-state index is 12.2. The normalized spacial score (nSPS) is 15.1. The summed E-state index contributed by atoms with van der Waals surface area (Å²) < 4.78 is 1.89. The molecule has 0 aliphatic carbocycles. The lowest BCUT2D eigenvalue weighted by atomic mass is 10.1. The van der Waals surface area contributed by atoms with E-state index in [-0.39, 0.29) is 5.91 Å². The molecule has 3 heterocycles.